The standard InChI is InChI=1S/C11H11BrClN3/c12-10-5-8(3-4-14)1-2-11(10)16-7-9(13)6-15-16/h1-2,5-7H,3-4,14H2. The number of halogens is 2. The molecule has 1 heterocycles. The lowest BCUT2D eigenvalue weighted by Crippen LogP contribution is -2.03. The first-order valence-electron chi connectivity index (χ1n) is 4.90. The van der Waals surface area contributed by atoms with Crippen LogP contribution in [-0.4, -0.2) is 16.3 Å². The van der Waals surface area contributed by atoms with Gasteiger partial charge in [-0.25, -0.2) is 4.68 Å². The minimum atomic E-state index is 0.623. The van der Waals surface area contributed by atoms with Crippen molar-refractivity contribution >= 4 is 27.5 Å². The summed E-state index contributed by atoms with van der Waals surface area (Å²) in [5.41, 5.74) is 7.68. The topological polar surface area (TPSA) is 43.8 Å². The van der Waals surface area contributed by atoms with Gasteiger partial charge in [-0.1, -0.05) is 17.7 Å². The molecule has 0 aliphatic heterocycles. The van der Waals surface area contributed by atoms with Crippen molar-refractivity contribution in [3.05, 3.63) is 45.7 Å². The molecule has 5 heteroatoms. The van der Waals surface area contributed by atoms with Crippen LogP contribution in [0.1, 0.15) is 5.56 Å². The van der Waals surface area contributed by atoms with Crippen molar-refractivity contribution < 1.29 is 0 Å². The number of nitrogens with zero attached hydrogens (tertiary/aromatic N) is 2. The van der Waals surface area contributed by atoms with Crippen LogP contribution in [0.3, 0.4) is 0 Å². The zero-order chi connectivity index (χ0) is 11.5. The van der Waals surface area contributed by atoms with E-state index in [1.54, 1.807) is 17.1 Å². The second-order valence-corrected chi connectivity index (χ2v) is 4.72. The smallest absolute Gasteiger partial charge is 0.0790 e. The highest BCUT2D eigenvalue weighted by molar-refractivity contribution is 9.10. The molecule has 84 valence electrons. The van der Waals surface area contributed by atoms with Gasteiger partial charge in [0.1, 0.15) is 0 Å². The summed E-state index contributed by atoms with van der Waals surface area (Å²) in [5, 5.41) is 4.78. The molecule has 2 rings (SSSR count). The van der Waals surface area contributed by atoms with Crippen LogP contribution < -0.4 is 5.73 Å². The third-order valence-electron chi connectivity index (χ3n) is 2.24. The first-order valence-corrected chi connectivity index (χ1v) is 6.07. The van der Waals surface area contributed by atoms with Crippen molar-refractivity contribution in [3.63, 3.8) is 0 Å². The molecule has 0 unspecified atom stereocenters. The Kier molecular flexibility index (Phi) is 3.63. The van der Waals surface area contributed by atoms with Gasteiger partial charge in [0.2, 0.25) is 0 Å². The lowest BCUT2D eigenvalue weighted by atomic mass is 10.1. The molecule has 2 aromatic rings. The molecule has 0 saturated carbocycles. The molecule has 0 amide bonds. The van der Waals surface area contributed by atoms with E-state index in [1.807, 2.05) is 12.1 Å². The molecule has 1 aromatic heterocycles. The first kappa shape index (κ1) is 11.6. The maximum Gasteiger partial charge on any atom is 0.0790 e. The van der Waals surface area contributed by atoms with Gasteiger partial charge in [-0.2, -0.15) is 5.10 Å². The molecule has 0 fully saturated rings. The molecule has 16 heavy (non-hydrogen) atoms. The average molecular weight is 301 g/mol. The second kappa shape index (κ2) is 4.99. The van der Waals surface area contributed by atoms with Crippen LogP contribution >= 0.6 is 27.5 Å². The lowest BCUT2D eigenvalue weighted by molar-refractivity contribution is 0.872. The summed E-state index contributed by atoms with van der Waals surface area (Å²) in [6, 6.07) is 6.10. The Balaban J connectivity index is 2.36. The van der Waals surface area contributed by atoms with Gasteiger partial charge < -0.3 is 5.73 Å². The van der Waals surface area contributed by atoms with Gasteiger partial charge in [0.25, 0.3) is 0 Å². The Morgan fingerprint density at radius 2 is 2.25 bits per heavy atom. The average Bonchev–Trinajstić information content (AvgIpc) is 2.65. The van der Waals surface area contributed by atoms with E-state index in [0.29, 0.717) is 11.6 Å². The Hall–Kier alpha value is -0.840. The Morgan fingerprint density at radius 1 is 1.44 bits per heavy atom. The maximum absolute atomic E-state index is 5.83. The molecule has 0 radical (unpaired) electrons. The highest BCUT2D eigenvalue weighted by Gasteiger charge is 2.05. The van der Waals surface area contributed by atoms with Gasteiger partial charge in [-0.15, -0.1) is 0 Å². The Morgan fingerprint density at radius 3 is 2.81 bits per heavy atom. The zero-order valence-corrected chi connectivity index (χ0v) is 10.9. The monoisotopic (exact) mass is 299 g/mol. The molecule has 2 N–H and O–H groups in total. The van der Waals surface area contributed by atoms with E-state index in [-0.39, 0.29) is 0 Å². The largest absolute Gasteiger partial charge is 0.330 e. The van der Waals surface area contributed by atoms with Crippen LogP contribution in [0.25, 0.3) is 5.69 Å². The van der Waals surface area contributed by atoms with E-state index in [0.717, 1.165) is 16.6 Å². The van der Waals surface area contributed by atoms with Crippen molar-refractivity contribution in [1.29, 1.82) is 0 Å². The number of nitrogens with two attached hydrogens (primary N) is 1. The van der Waals surface area contributed by atoms with Gasteiger partial charge in [0, 0.05) is 10.7 Å². The van der Waals surface area contributed by atoms with Crippen LogP contribution in [-0.2, 0) is 6.42 Å². The van der Waals surface area contributed by atoms with Crippen LogP contribution in [0.2, 0.25) is 5.02 Å². The van der Waals surface area contributed by atoms with Crippen LogP contribution in [0, 0.1) is 0 Å². The molecule has 1 aromatic carbocycles. The van der Waals surface area contributed by atoms with E-state index < -0.39 is 0 Å². The number of benzene rings is 1. The SMILES string of the molecule is NCCc1ccc(-n2cc(Cl)cn2)c(Br)c1. The zero-order valence-electron chi connectivity index (χ0n) is 8.53. The Bertz CT molecular complexity index is 496. The molecule has 0 aliphatic rings. The van der Waals surface area contributed by atoms with Gasteiger partial charge in [0.15, 0.2) is 0 Å². The third kappa shape index (κ3) is 2.45. The molecule has 0 bridgehead atoms. The van der Waals surface area contributed by atoms with Crippen molar-refractivity contribution in [3.8, 4) is 5.69 Å². The van der Waals surface area contributed by atoms with Gasteiger partial charge in [-0.05, 0) is 46.6 Å². The minimum Gasteiger partial charge on any atom is -0.330 e. The third-order valence-corrected chi connectivity index (χ3v) is 3.07. The molecular weight excluding hydrogens is 289 g/mol. The number of rotatable bonds is 3. The van der Waals surface area contributed by atoms with Crippen LogP contribution in [0.4, 0.5) is 0 Å². The van der Waals surface area contributed by atoms with Crippen molar-refractivity contribution in [2.24, 2.45) is 5.73 Å². The predicted octanol–water partition coefficient (Wildman–Crippen LogP) is 2.79. The van der Waals surface area contributed by atoms with Crippen LogP contribution in [0.15, 0.2) is 35.1 Å². The van der Waals surface area contributed by atoms with E-state index in [9.17, 15) is 0 Å². The van der Waals surface area contributed by atoms with E-state index in [2.05, 4.69) is 27.1 Å². The minimum absolute atomic E-state index is 0.623. The highest BCUT2D eigenvalue weighted by atomic mass is 79.9. The fraction of sp³-hybridized carbons (Fsp3) is 0.182. The number of aromatic nitrogens is 2. The number of hydrogen-bond donors (Lipinski definition) is 1. The summed E-state index contributed by atoms with van der Waals surface area (Å²) in [4.78, 5) is 0. The van der Waals surface area contributed by atoms with Crippen molar-refractivity contribution in [2.45, 2.75) is 6.42 Å². The molecule has 0 saturated heterocycles. The maximum atomic E-state index is 5.83. The molecular formula is C11H11BrClN3. The molecule has 3 nitrogen and oxygen atoms in total. The van der Waals surface area contributed by atoms with Crippen molar-refractivity contribution in [2.75, 3.05) is 6.54 Å². The highest BCUT2D eigenvalue weighted by Crippen LogP contribution is 2.23. The predicted molar refractivity (Wildman–Crippen MR) is 69.0 cm³/mol. The first-order chi connectivity index (χ1) is 7.70. The number of hydrogen-bond acceptors (Lipinski definition) is 2. The fourth-order valence-corrected chi connectivity index (χ4v) is 2.23. The summed E-state index contributed by atoms with van der Waals surface area (Å²) in [6.07, 6.45) is 4.25. The molecule has 0 aliphatic carbocycles. The fourth-order valence-electron chi connectivity index (χ4n) is 1.49. The summed E-state index contributed by atoms with van der Waals surface area (Å²) < 4.78 is 2.72. The second-order valence-electron chi connectivity index (χ2n) is 3.43. The molecule has 0 atom stereocenters. The quantitative estimate of drug-likeness (QED) is 0.947. The normalized spacial score (nSPS) is 10.7. The summed E-state index contributed by atoms with van der Waals surface area (Å²) in [7, 11) is 0. The summed E-state index contributed by atoms with van der Waals surface area (Å²) in [5.74, 6) is 0. The van der Waals surface area contributed by atoms with Gasteiger partial charge in [0.05, 0.1) is 16.9 Å². The van der Waals surface area contributed by atoms with E-state index in [4.69, 9.17) is 17.3 Å². The van der Waals surface area contributed by atoms with Gasteiger partial charge >= 0.3 is 0 Å². The van der Waals surface area contributed by atoms with E-state index >= 15 is 0 Å². The van der Waals surface area contributed by atoms with Crippen LogP contribution in [0.5, 0.6) is 0 Å². The summed E-state index contributed by atoms with van der Waals surface area (Å²) >= 11 is 9.35. The Labute approximate surface area is 107 Å². The summed E-state index contributed by atoms with van der Waals surface area (Å²) in [6.45, 7) is 0.652. The van der Waals surface area contributed by atoms with E-state index in [1.165, 1.54) is 5.56 Å². The van der Waals surface area contributed by atoms with Crippen molar-refractivity contribution in [1.82, 2.24) is 9.78 Å². The lowest BCUT2D eigenvalue weighted by Gasteiger charge is -2.06. The van der Waals surface area contributed by atoms with Gasteiger partial charge in [-0.3, -0.25) is 0 Å². The molecule has 0 spiro atoms.